The molecule has 1 aromatic carbocycles. The quantitative estimate of drug-likeness (QED) is 0.154. The maximum Gasteiger partial charge on any atom is 0.338 e. The Bertz CT molecular complexity index is 1300. The van der Waals surface area contributed by atoms with E-state index in [1.54, 1.807) is 72.9 Å². The van der Waals surface area contributed by atoms with Crippen LogP contribution in [0.15, 0.2) is 24.3 Å². The van der Waals surface area contributed by atoms with E-state index in [4.69, 9.17) is 44.3 Å². The molecule has 3 rings (SSSR count). The summed E-state index contributed by atoms with van der Waals surface area (Å²) in [4.78, 5) is 13.6. The first-order valence-electron chi connectivity index (χ1n) is 17.4. The minimum atomic E-state index is -1.54. The summed E-state index contributed by atoms with van der Waals surface area (Å²) in [5, 5.41) is 44.7. The molecule has 0 bridgehead atoms. The summed E-state index contributed by atoms with van der Waals surface area (Å²) >= 11 is 0. The summed E-state index contributed by atoms with van der Waals surface area (Å²) in [5.41, 5.74) is -3.13. The molecule has 2 aliphatic heterocycles. The molecule has 0 radical (unpaired) electrons. The fourth-order valence-electron chi connectivity index (χ4n) is 6.26. The average molecular weight is 725 g/mol. The lowest BCUT2D eigenvalue weighted by Crippen LogP contribution is -2.66. The lowest BCUT2D eigenvalue weighted by molar-refractivity contribution is -0.292. The fourth-order valence-corrected chi connectivity index (χ4v) is 6.26. The lowest BCUT2D eigenvalue weighted by atomic mass is 9.85. The van der Waals surface area contributed by atoms with Crippen LogP contribution in [0, 0.1) is 12.3 Å². The molecule has 0 amide bonds. The minimum absolute atomic E-state index is 0.0756. The van der Waals surface area contributed by atoms with Gasteiger partial charge >= 0.3 is 5.97 Å². The van der Waals surface area contributed by atoms with Crippen LogP contribution in [0.1, 0.15) is 80.7 Å². The zero-order valence-corrected chi connectivity index (χ0v) is 32.0. The number of aliphatic hydroxyl groups is 4. The van der Waals surface area contributed by atoms with E-state index in [0.717, 1.165) is 0 Å². The molecule has 4 N–H and O–H groups in total. The van der Waals surface area contributed by atoms with Crippen LogP contribution in [0.3, 0.4) is 0 Å². The van der Waals surface area contributed by atoms with E-state index in [1.807, 2.05) is 20.8 Å². The van der Waals surface area contributed by atoms with Crippen molar-refractivity contribution in [2.45, 2.75) is 165 Å². The van der Waals surface area contributed by atoms with Crippen molar-refractivity contribution >= 4 is 5.97 Å². The van der Waals surface area contributed by atoms with Crippen LogP contribution < -0.4 is 4.74 Å². The molecule has 2 aliphatic rings. The molecule has 2 fully saturated rings. The van der Waals surface area contributed by atoms with Gasteiger partial charge in [-0.05, 0) is 86.4 Å². The maximum absolute atomic E-state index is 13.6. The smallest absolute Gasteiger partial charge is 0.338 e. The first kappa shape index (κ1) is 43.1. The van der Waals surface area contributed by atoms with Crippen molar-refractivity contribution in [2.24, 2.45) is 0 Å². The second-order valence-electron chi connectivity index (χ2n) is 15.9. The van der Waals surface area contributed by atoms with E-state index in [1.165, 1.54) is 7.11 Å². The van der Waals surface area contributed by atoms with Gasteiger partial charge in [-0.1, -0.05) is 12.1 Å². The van der Waals surface area contributed by atoms with Gasteiger partial charge in [0.15, 0.2) is 6.10 Å². The van der Waals surface area contributed by atoms with Gasteiger partial charge in [-0.3, -0.25) is 0 Å². The van der Waals surface area contributed by atoms with Gasteiger partial charge in [0.25, 0.3) is 0 Å². The van der Waals surface area contributed by atoms with Crippen LogP contribution in [-0.2, 0) is 44.6 Å². The highest BCUT2D eigenvalue weighted by molar-refractivity contribution is 5.76. The number of terminal acetylenes is 1. The van der Waals surface area contributed by atoms with Crippen molar-refractivity contribution in [1.29, 1.82) is 0 Å². The van der Waals surface area contributed by atoms with Crippen LogP contribution in [0.2, 0.25) is 0 Å². The number of benzene rings is 1. The number of esters is 1. The Hall–Kier alpha value is -2.35. The van der Waals surface area contributed by atoms with Crippen molar-refractivity contribution in [3.63, 3.8) is 0 Å². The number of methoxy groups -OCH3 is 2. The summed E-state index contributed by atoms with van der Waals surface area (Å²) in [6, 6.07) is 7.00. The molecule has 13 heteroatoms. The Balaban J connectivity index is 1.73. The Kier molecular flexibility index (Phi) is 14.5. The van der Waals surface area contributed by atoms with Gasteiger partial charge in [-0.2, -0.15) is 0 Å². The predicted octanol–water partition coefficient (Wildman–Crippen LogP) is 2.70. The van der Waals surface area contributed by atoms with Crippen molar-refractivity contribution in [3.8, 4) is 18.1 Å². The van der Waals surface area contributed by atoms with E-state index < -0.39 is 89.4 Å². The second kappa shape index (κ2) is 17.2. The number of rotatable bonds is 15. The summed E-state index contributed by atoms with van der Waals surface area (Å²) in [6.07, 6.45) is -5.94. The van der Waals surface area contributed by atoms with Gasteiger partial charge in [0.05, 0.1) is 42.2 Å². The third-order valence-corrected chi connectivity index (χ3v) is 9.38. The summed E-state index contributed by atoms with van der Waals surface area (Å²) in [5.74, 6) is 2.43. The van der Waals surface area contributed by atoms with E-state index in [0.29, 0.717) is 11.3 Å². The van der Waals surface area contributed by atoms with Gasteiger partial charge < -0.3 is 58.3 Å². The second-order valence-corrected chi connectivity index (χ2v) is 15.9. The van der Waals surface area contributed by atoms with Crippen LogP contribution in [0.25, 0.3) is 0 Å². The molecule has 0 aliphatic carbocycles. The number of carbonyl (C=O) groups is 1. The molecule has 1 aromatic rings. The zero-order chi connectivity index (χ0) is 38.5. The molecule has 0 saturated carbocycles. The molecule has 2 saturated heterocycles. The van der Waals surface area contributed by atoms with Gasteiger partial charge in [-0.15, -0.1) is 12.3 Å². The van der Waals surface area contributed by atoms with Crippen LogP contribution >= 0.6 is 0 Å². The van der Waals surface area contributed by atoms with Crippen molar-refractivity contribution < 1.29 is 63.1 Å². The van der Waals surface area contributed by atoms with Crippen LogP contribution in [-0.4, -0.2) is 131 Å². The van der Waals surface area contributed by atoms with E-state index in [2.05, 4.69) is 5.92 Å². The molecule has 8 unspecified atom stereocenters. The normalized spacial score (nSPS) is 30.8. The maximum atomic E-state index is 13.6. The van der Waals surface area contributed by atoms with E-state index >= 15 is 0 Å². The summed E-state index contributed by atoms with van der Waals surface area (Å²) < 4.78 is 47.3. The van der Waals surface area contributed by atoms with Gasteiger partial charge in [0, 0.05) is 13.5 Å². The Morgan fingerprint density at radius 3 is 1.90 bits per heavy atom. The molecular formula is C38H60O13. The Morgan fingerprint density at radius 2 is 1.37 bits per heavy atom. The molecule has 13 nitrogen and oxygen atoms in total. The fraction of sp³-hybridized carbons (Fsp3) is 0.763. The number of hydrogen-bond acceptors (Lipinski definition) is 13. The predicted molar refractivity (Wildman–Crippen MR) is 187 cm³/mol. The Morgan fingerprint density at radius 1 is 0.804 bits per heavy atom. The standard InChI is InChI=1S/C38H60O13/c1-13-14-24-29(50-35(2,3)4)25(39)27(41)33(48-24)38(9,10)47-20-19-36(5,6)51-30-26(40)28(42)32(37(7,8)45-12)49-31(30)34(43)46-21-22-15-17-23(44-11)18-16-22/h1,15-18,24-33,39-42H,14,19-21H2,2-12H3/t24?,25?,26?,27?,28?,29-,30+,31?,32?,33?/m1/s1. The average Bonchev–Trinajstić information content (AvgIpc) is 3.04. The van der Waals surface area contributed by atoms with Gasteiger partial charge in [0.1, 0.15) is 61.2 Å². The van der Waals surface area contributed by atoms with Crippen molar-refractivity contribution in [2.75, 3.05) is 20.8 Å². The summed E-state index contributed by atoms with van der Waals surface area (Å²) in [6.45, 7) is 15.9. The third-order valence-electron chi connectivity index (χ3n) is 9.38. The third kappa shape index (κ3) is 11.1. The van der Waals surface area contributed by atoms with Crippen LogP contribution in [0.5, 0.6) is 5.75 Å². The van der Waals surface area contributed by atoms with E-state index in [9.17, 15) is 25.2 Å². The zero-order valence-electron chi connectivity index (χ0n) is 32.0. The number of carbonyl (C=O) groups excluding carboxylic acids is 1. The molecule has 0 aromatic heterocycles. The largest absolute Gasteiger partial charge is 0.497 e. The number of ether oxygens (including phenoxy) is 8. The van der Waals surface area contributed by atoms with Crippen LogP contribution in [0.4, 0.5) is 0 Å². The minimum Gasteiger partial charge on any atom is -0.497 e. The first-order chi connectivity index (χ1) is 23.6. The molecule has 10 atom stereocenters. The molecule has 2 heterocycles. The molecule has 0 spiro atoms. The molecule has 51 heavy (non-hydrogen) atoms. The van der Waals surface area contributed by atoms with Gasteiger partial charge in [-0.25, -0.2) is 4.79 Å². The summed E-state index contributed by atoms with van der Waals surface area (Å²) in [7, 11) is 3.00. The van der Waals surface area contributed by atoms with Crippen molar-refractivity contribution in [1.82, 2.24) is 0 Å². The van der Waals surface area contributed by atoms with Gasteiger partial charge in [0.2, 0.25) is 0 Å². The topological polar surface area (TPSA) is 172 Å². The Labute approximate surface area is 302 Å². The number of aliphatic hydroxyl groups excluding tert-OH is 4. The first-order valence-corrected chi connectivity index (χ1v) is 17.4. The SMILES string of the molecule is C#CCC1OC(C(C)(C)OCCC(C)(C)O[C@@H]2C(C(=O)OCc3ccc(OC)cc3)OC(C(C)(C)OC)C(O)C2O)C(O)C(O)[C@@H]1OC(C)(C)C. The lowest BCUT2D eigenvalue weighted by Gasteiger charge is -2.49. The monoisotopic (exact) mass is 724 g/mol. The number of hydrogen-bond donors (Lipinski definition) is 4. The highest BCUT2D eigenvalue weighted by Crippen LogP contribution is 2.37. The van der Waals surface area contributed by atoms with E-state index in [-0.39, 0.29) is 26.1 Å². The highest BCUT2D eigenvalue weighted by atomic mass is 16.6. The molecular weight excluding hydrogens is 664 g/mol. The highest BCUT2D eigenvalue weighted by Gasteiger charge is 2.55. The molecule has 290 valence electrons. The van der Waals surface area contributed by atoms with Crippen molar-refractivity contribution in [3.05, 3.63) is 29.8 Å².